The summed E-state index contributed by atoms with van der Waals surface area (Å²) in [5, 5.41) is 3.03. The zero-order chi connectivity index (χ0) is 13.1. The van der Waals surface area contributed by atoms with Crippen LogP contribution in [-0.4, -0.2) is 15.9 Å². The molecule has 18 heavy (non-hydrogen) atoms. The highest BCUT2D eigenvalue weighted by molar-refractivity contribution is 9.10. The minimum atomic E-state index is -0.577. The van der Waals surface area contributed by atoms with E-state index in [-0.39, 0.29) is 5.69 Å². The molecule has 6 heteroatoms. The molecule has 1 amide bonds. The Labute approximate surface area is 113 Å². The monoisotopic (exact) mass is 306 g/mol. The quantitative estimate of drug-likeness (QED) is 0.912. The van der Waals surface area contributed by atoms with Crippen LogP contribution in [0, 0.1) is 6.92 Å². The molecule has 2 heterocycles. The van der Waals surface area contributed by atoms with Gasteiger partial charge in [-0.2, -0.15) is 0 Å². The maximum absolute atomic E-state index is 11.2. The number of carbonyl (C=O) groups is 1. The minimum Gasteiger partial charge on any atom is -0.364 e. The molecule has 0 aliphatic rings. The van der Waals surface area contributed by atoms with Gasteiger partial charge < -0.3 is 11.1 Å². The van der Waals surface area contributed by atoms with E-state index in [2.05, 4.69) is 31.2 Å². The normalized spacial score (nSPS) is 10.1. The Balaban J connectivity index is 2.34. The number of aryl methyl sites for hydroxylation is 1. The summed E-state index contributed by atoms with van der Waals surface area (Å²) in [5.41, 5.74) is 6.84. The molecule has 0 spiro atoms. The summed E-state index contributed by atoms with van der Waals surface area (Å²) in [6, 6.07) is 7.13. The third kappa shape index (κ3) is 2.65. The Hall–Kier alpha value is -1.95. The largest absolute Gasteiger partial charge is 0.364 e. The van der Waals surface area contributed by atoms with Crippen LogP contribution in [0.2, 0.25) is 0 Å². The zero-order valence-corrected chi connectivity index (χ0v) is 11.2. The summed E-state index contributed by atoms with van der Waals surface area (Å²) < 4.78 is 0.925. The van der Waals surface area contributed by atoms with Crippen molar-refractivity contribution in [2.24, 2.45) is 5.73 Å². The maximum atomic E-state index is 11.2. The van der Waals surface area contributed by atoms with Crippen LogP contribution in [-0.2, 0) is 0 Å². The van der Waals surface area contributed by atoms with Crippen LogP contribution in [0.15, 0.2) is 34.9 Å². The van der Waals surface area contributed by atoms with E-state index in [4.69, 9.17) is 5.73 Å². The minimum absolute atomic E-state index is 0.194. The molecule has 0 radical (unpaired) electrons. The smallest absolute Gasteiger partial charge is 0.269 e. The van der Waals surface area contributed by atoms with Crippen molar-refractivity contribution < 1.29 is 4.79 Å². The van der Waals surface area contributed by atoms with Gasteiger partial charge in [0.25, 0.3) is 5.91 Å². The third-order valence-electron chi connectivity index (χ3n) is 2.33. The number of anilines is 2. The SMILES string of the molecule is Cc1nc(Nc2cccnc2C(N)=O)ccc1Br. The van der Waals surface area contributed by atoms with Crippen LogP contribution in [0.5, 0.6) is 0 Å². The Morgan fingerprint density at radius 3 is 2.83 bits per heavy atom. The summed E-state index contributed by atoms with van der Waals surface area (Å²) in [4.78, 5) is 19.5. The van der Waals surface area contributed by atoms with Crippen LogP contribution < -0.4 is 11.1 Å². The zero-order valence-electron chi connectivity index (χ0n) is 9.64. The number of hydrogen-bond acceptors (Lipinski definition) is 4. The second-order valence-corrected chi connectivity index (χ2v) is 4.51. The van der Waals surface area contributed by atoms with Gasteiger partial charge in [-0.3, -0.25) is 4.79 Å². The van der Waals surface area contributed by atoms with Gasteiger partial charge in [0.05, 0.1) is 11.4 Å². The van der Waals surface area contributed by atoms with Gasteiger partial charge in [-0.1, -0.05) is 0 Å². The van der Waals surface area contributed by atoms with Crippen LogP contribution >= 0.6 is 15.9 Å². The number of rotatable bonds is 3. The molecule has 92 valence electrons. The summed E-state index contributed by atoms with van der Waals surface area (Å²) in [5.74, 6) is 0.0538. The molecule has 0 saturated carbocycles. The van der Waals surface area contributed by atoms with Gasteiger partial charge in [0, 0.05) is 10.7 Å². The molecule has 2 rings (SSSR count). The standard InChI is InChI=1S/C12H11BrN4O/c1-7-8(13)4-5-10(16-7)17-9-3-2-6-15-11(9)12(14)18/h2-6H,1H3,(H2,14,18)(H,16,17). The molecule has 0 bridgehead atoms. The van der Waals surface area contributed by atoms with E-state index >= 15 is 0 Å². The van der Waals surface area contributed by atoms with Crippen LogP contribution in [0.25, 0.3) is 0 Å². The molecular formula is C12H11BrN4O. The average Bonchev–Trinajstić information content (AvgIpc) is 2.34. The summed E-state index contributed by atoms with van der Waals surface area (Å²) >= 11 is 3.38. The Bertz CT molecular complexity index is 600. The number of carbonyl (C=O) groups excluding carboxylic acids is 1. The van der Waals surface area contributed by atoms with Crippen molar-refractivity contribution in [2.45, 2.75) is 6.92 Å². The summed E-state index contributed by atoms with van der Waals surface area (Å²) in [6.45, 7) is 1.88. The van der Waals surface area contributed by atoms with E-state index < -0.39 is 5.91 Å². The lowest BCUT2D eigenvalue weighted by molar-refractivity contribution is 0.0996. The first-order valence-electron chi connectivity index (χ1n) is 5.23. The number of nitrogens with two attached hydrogens (primary N) is 1. The lowest BCUT2D eigenvalue weighted by Gasteiger charge is -2.09. The van der Waals surface area contributed by atoms with Crippen molar-refractivity contribution in [3.05, 3.63) is 46.3 Å². The molecule has 0 unspecified atom stereocenters. The van der Waals surface area contributed by atoms with Crippen molar-refractivity contribution in [3.63, 3.8) is 0 Å². The molecule has 0 aromatic carbocycles. The molecule has 0 aliphatic heterocycles. The highest BCUT2D eigenvalue weighted by Gasteiger charge is 2.09. The van der Waals surface area contributed by atoms with E-state index in [0.717, 1.165) is 10.2 Å². The third-order valence-corrected chi connectivity index (χ3v) is 3.16. The lowest BCUT2D eigenvalue weighted by Crippen LogP contribution is -2.15. The van der Waals surface area contributed by atoms with Gasteiger partial charge in [0.2, 0.25) is 0 Å². The number of halogens is 1. The first kappa shape index (κ1) is 12.5. The van der Waals surface area contributed by atoms with Crippen molar-refractivity contribution in [1.29, 1.82) is 0 Å². The number of nitrogens with zero attached hydrogens (tertiary/aromatic N) is 2. The molecule has 2 aromatic rings. The van der Waals surface area contributed by atoms with Gasteiger partial charge in [-0.05, 0) is 47.1 Å². The number of hydrogen-bond donors (Lipinski definition) is 2. The van der Waals surface area contributed by atoms with Crippen LogP contribution in [0.3, 0.4) is 0 Å². The van der Waals surface area contributed by atoms with Crippen molar-refractivity contribution in [1.82, 2.24) is 9.97 Å². The summed E-state index contributed by atoms with van der Waals surface area (Å²) in [6.07, 6.45) is 1.52. The molecule has 5 nitrogen and oxygen atoms in total. The topological polar surface area (TPSA) is 80.9 Å². The van der Waals surface area contributed by atoms with E-state index in [0.29, 0.717) is 11.5 Å². The molecule has 0 aliphatic carbocycles. The Morgan fingerprint density at radius 1 is 1.39 bits per heavy atom. The van der Waals surface area contributed by atoms with Crippen molar-refractivity contribution >= 4 is 33.3 Å². The van der Waals surface area contributed by atoms with Gasteiger partial charge in [-0.15, -0.1) is 0 Å². The fourth-order valence-electron chi connectivity index (χ4n) is 1.45. The maximum Gasteiger partial charge on any atom is 0.269 e. The number of aromatic nitrogens is 2. The lowest BCUT2D eigenvalue weighted by atomic mass is 10.2. The average molecular weight is 307 g/mol. The van der Waals surface area contributed by atoms with Gasteiger partial charge >= 0.3 is 0 Å². The van der Waals surface area contributed by atoms with Gasteiger partial charge in [0.1, 0.15) is 5.82 Å². The van der Waals surface area contributed by atoms with Crippen LogP contribution in [0.4, 0.5) is 11.5 Å². The molecule has 2 aromatic heterocycles. The van der Waals surface area contributed by atoms with Crippen LogP contribution in [0.1, 0.15) is 16.2 Å². The summed E-state index contributed by atoms with van der Waals surface area (Å²) in [7, 11) is 0. The first-order valence-corrected chi connectivity index (χ1v) is 6.02. The highest BCUT2D eigenvalue weighted by Crippen LogP contribution is 2.21. The number of pyridine rings is 2. The number of primary amides is 1. The molecule has 0 saturated heterocycles. The van der Waals surface area contributed by atoms with Crippen molar-refractivity contribution in [2.75, 3.05) is 5.32 Å². The fraction of sp³-hybridized carbons (Fsp3) is 0.0833. The molecule has 0 fully saturated rings. The molecule has 0 atom stereocenters. The van der Waals surface area contributed by atoms with E-state index in [9.17, 15) is 4.79 Å². The Morgan fingerprint density at radius 2 is 2.17 bits per heavy atom. The second-order valence-electron chi connectivity index (χ2n) is 3.65. The van der Waals surface area contributed by atoms with Gasteiger partial charge in [-0.25, -0.2) is 9.97 Å². The Kier molecular flexibility index (Phi) is 3.57. The van der Waals surface area contributed by atoms with Crippen molar-refractivity contribution in [3.8, 4) is 0 Å². The van der Waals surface area contributed by atoms with E-state index in [1.165, 1.54) is 6.20 Å². The molecular weight excluding hydrogens is 296 g/mol. The number of nitrogens with one attached hydrogen (secondary N) is 1. The molecule has 3 N–H and O–H groups in total. The van der Waals surface area contributed by atoms with E-state index in [1.807, 2.05) is 13.0 Å². The fourth-order valence-corrected chi connectivity index (χ4v) is 1.67. The predicted octanol–water partition coefficient (Wildman–Crippen LogP) is 2.39. The predicted molar refractivity (Wildman–Crippen MR) is 72.7 cm³/mol. The highest BCUT2D eigenvalue weighted by atomic mass is 79.9. The number of amides is 1. The van der Waals surface area contributed by atoms with E-state index in [1.54, 1.807) is 18.2 Å². The second kappa shape index (κ2) is 5.14. The van der Waals surface area contributed by atoms with Gasteiger partial charge in [0.15, 0.2) is 5.69 Å². The first-order chi connectivity index (χ1) is 8.58.